The molecule has 0 bridgehead atoms. The number of likely N-dealkylation sites (tertiary alicyclic amines) is 1. The van der Waals surface area contributed by atoms with E-state index >= 15 is 8.78 Å². The summed E-state index contributed by atoms with van der Waals surface area (Å²) in [5, 5.41) is 11.4. The first kappa shape index (κ1) is 24.8. The lowest BCUT2D eigenvalue weighted by Crippen LogP contribution is -2.53. The van der Waals surface area contributed by atoms with Gasteiger partial charge in [0.1, 0.15) is 11.6 Å². The molecule has 2 aliphatic rings. The van der Waals surface area contributed by atoms with Gasteiger partial charge in [0, 0.05) is 38.0 Å². The smallest absolute Gasteiger partial charge is 0.226 e. The number of nitrogens with one attached hydrogen (secondary N) is 1. The maximum atomic E-state index is 15.2. The Kier molecular flexibility index (Phi) is 7.07. The van der Waals surface area contributed by atoms with Gasteiger partial charge in [-0.2, -0.15) is 0 Å². The molecule has 5 atom stereocenters. The molecule has 2 fully saturated rings. The molecule has 2 aromatic rings. The number of sulfone groups is 1. The zero-order chi connectivity index (χ0) is 24.6. The van der Waals surface area contributed by atoms with Crippen molar-refractivity contribution in [1.82, 2.24) is 10.2 Å². The molecule has 2 saturated heterocycles. The van der Waals surface area contributed by atoms with E-state index in [-0.39, 0.29) is 30.0 Å². The van der Waals surface area contributed by atoms with Crippen LogP contribution in [0.25, 0.3) is 0 Å². The second-order valence-corrected chi connectivity index (χ2v) is 11.7. The average Bonchev–Trinajstić information content (AvgIpc) is 3.13. The first-order chi connectivity index (χ1) is 16.1. The lowest BCUT2D eigenvalue weighted by Gasteiger charge is -2.35. The van der Waals surface area contributed by atoms with Gasteiger partial charge < -0.3 is 15.3 Å². The Balaban J connectivity index is 1.62. The molecule has 0 spiro atoms. The Labute approximate surface area is 198 Å². The van der Waals surface area contributed by atoms with Crippen LogP contribution >= 0.6 is 0 Å². The van der Waals surface area contributed by atoms with Crippen LogP contribution in [0.1, 0.15) is 41.2 Å². The fourth-order valence-electron chi connectivity index (χ4n) is 5.23. The lowest BCUT2D eigenvalue weighted by atomic mass is 9.84. The Morgan fingerprint density at radius 3 is 2.50 bits per heavy atom. The molecule has 1 amide bonds. The number of carbonyl (C=O) groups is 1. The highest BCUT2D eigenvalue weighted by Crippen LogP contribution is 2.36. The summed E-state index contributed by atoms with van der Waals surface area (Å²) in [4.78, 5) is 13.9. The third-order valence-electron chi connectivity index (χ3n) is 7.31. The first-order valence-electron chi connectivity index (χ1n) is 11.5. The van der Waals surface area contributed by atoms with Gasteiger partial charge in [-0.05, 0) is 48.6 Å². The van der Waals surface area contributed by atoms with Gasteiger partial charge in [0.05, 0.1) is 17.1 Å². The van der Waals surface area contributed by atoms with Gasteiger partial charge in [-0.25, -0.2) is 17.2 Å². The zero-order valence-electron chi connectivity index (χ0n) is 19.2. The van der Waals surface area contributed by atoms with E-state index in [1.165, 1.54) is 4.90 Å². The van der Waals surface area contributed by atoms with Crippen molar-refractivity contribution in [2.45, 2.75) is 42.2 Å². The summed E-state index contributed by atoms with van der Waals surface area (Å²) in [5.41, 5.74) is 0.562. The van der Waals surface area contributed by atoms with Gasteiger partial charge in [-0.15, -0.1) is 0 Å². The minimum atomic E-state index is -3.69. The van der Waals surface area contributed by atoms with E-state index in [0.29, 0.717) is 18.5 Å². The predicted octanol–water partition coefficient (Wildman–Crippen LogP) is 2.58. The highest BCUT2D eigenvalue weighted by molar-refractivity contribution is 7.92. The van der Waals surface area contributed by atoms with Crippen molar-refractivity contribution in [2.75, 3.05) is 26.7 Å². The van der Waals surface area contributed by atoms with Gasteiger partial charge in [0.25, 0.3) is 0 Å². The molecule has 2 aromatic carbocycles. The van der Waals surface area contributed by atoms with Gasteiger partial charge >= 0.3 is 0 Å². The van der Waals surface area contributed by atoms with Crippen LogP contribution in [0.4, 0.5) is 8.78 Å². The molecule has 34 heavy (non-hydrogen) atoms. The van der Waals surface area contributed by atoms with E-state index in [0.717, 1.165) is 12.1 Å². The van der Waals surface area contributed by atoms with Gasteiger partial charge in [0.15, 0.2) is 9.84 Å². The summed E-state index contributed by atoms with van der Waals surface area (Å²) >= 11 is 0. The van der Waals surface area contributed by atoms with E-state index in [1.807, 2.05) is 6.07 Å². The number of nitrogens with zero attached hydrogens (tertiary/aromatic N) is 1. The molecule has 2 heterocycles. The van der Waals surface area contributed by atoms with Gasteiger partial charge in [0.2, 0.25) is 5.91 Å². The third kappa shape index (κ3) is 4.48. The minimum Gasteiger partial charge on any atom is -0.396 e. The quantitative estimate of drug-likeness (QED) is 0.648. The van der Waals surface area contributed by atoms with E-state index < -0.39 is 56.5 Å². The zero-order valence-corrected chi connectivity index (χ0v) is 20.1. The Morgan fingerprint density at radius 1 is 1.18 bits per heavy atom. The molecule has 0 aliphatic carbocycles. The summed E-state index contributed by atoms with van der Waals surface area (Å²) < 4.78 is 57.3. The molecular weight excluding hydrogens is 462 g/mol. The Morgan fingerprint density at radius 2 is 1.88 bits per heavy atom. The van der Waals surface area contributed by atoms with Crippen LogP contribution in [0.3, 0.4) is 0 Å². The maximum Gasteiger partial charge on any atom is 0.226 e. The van der Waals surface area contributed by atoms with Crippen LogP contribution in [0.5, 0.6) is 0 Å². The SMILES string of the molecule is C[C@@H]1NC[C@@H](c2ccccc2)S(=O)(=O)C1Cc1cc(F)c(C(CO)C2CCN(C)C2=O)cc1F. The van der Waals surface area contributed by atoms with Gasteiger partial charge in [-0.1, -0.05) is 30.3 Å². The van der Waals surface area contributed by atoms with Crippen LogP contribution in [0.15, 0.2) is 42.5 Å². The van der Waals surface area contributed by atoms with Crippen molar-refractivity contribution >= 4 is 15.7 Å². The maximum absolute atomic E-state index is 15.2. The first-order valence-corrected chi connectivity index (χ1v) is 13.1. The largest absolute Gasteiger partial charge is 0.396 e. The number of hydrogen-bond acceptors (Lipinski definition) is 5. The van der Waals surface area contributed by atoms with E-state index in [9.17, 15) is 18.3 Å². The molecule has 184 valence electrons. The fraction of sp³-hybridized carbons (Fsp3) is 0.480. The number of halogens is 2. The predicted molar refractivity (Wildman–Crippen MR) is 125 cm³/mol. The molecular formula is C25H30F2N2O4S. The summed E-state index contributed by atoms with van der Waals surface area (Å²) in [5.74, 6) is -3.17. The third-order valence-corrected chi connectivity index (χ3v) is 9.96. The van der Waals surface area contributed by atoms with Crippen molar-refractivity contribution in [3.05, 3.63) is 70.8 Å². The number of rotatable bonds is 6. The van der Waals surface area contributed by atoms with Crippen molar-refractivity contribution in [3.63, 3.8) is 0 Å². The molecule has 0 aromatic heterocycles. The van der Waals surface area contributed by atoms with Crippen LogP contribution < -0.4 is 5.32 Å². The number of benzene rings is 2. The van der Waals surface area contributed by atoms with Crippen molar-refractivity contribution in [1.29, 1.82) is 0 Å². The Hall–Kier alpha value is -2.36. The second-order valence-electron chi connectivity index (χ2n) is 9.34. The molecule has 0 radical (unpaired) electrons. The number of aliphatic hydroxyl groups is 1. The summed E-state index contributed by atoms with van der Waals surface area (Å²) in [6, 6.07) is 10.5. The van der Waals surface area contributed by atoms with E-state index in [4.69, 9.17) is 0 Å². The highest BCUT2D eigenvalue weighted by Gasteiger charge is 2.43. The normalized spacial score (nSPS) is 27.7. The molecule has 2 N–H and O–H groups in total. The number of aliphatic hydroxyl groups excluding tert-OH is 1. The lowest BCUT2D eigenvalue weighted by molar-refractivity contribution is -0.130. The van der Waals surface area contributed by atoms with Gasteiger partial charge in [-0.3, -0.25) is 4.79 Å². The average molecular weight is 493 g/mol. The van der Waals surface area contributed by atoms with Crippen molar-refractivity contribution < 1.29 is 27.1 Å². The van der Waals surface area contributed by atoms with Crippen LogP contribution in [0.2, 0.25) is 0 Å². The van der Waals surface area contributed by atoms with E-state index in [2.05, 4.69) is 5.32 Å². The van der Waals surface area contributed by atoms with Crippen LogP contribution in [0, 0.1) is 17.6 Å². The minimum absolute atomic E-state index is 0.0382. The van der Waals surface area contributed by atoms with Crippen molar-refractivity contribution in [2.24, 2.45) is 5.92 Å². The molecule has 9 heteroatoms. The Bertz CT molecular complexity index is 1160. The molecule has 6 nitrogen and oxygen atoms in total. The standard InChI is InChI=1S/C25H30F2N2O4S/c1-15-23(34(32,33)24(13-28-15)16-6-4-3-5-7-16)11-17-10-22(27)19(12-21(17)26)20(14-30)18-8-9-29(2)25(18)31/h3-7,10,12,15,18,20,23-24,28,30H,8-9,11,13-14H2,1-2H3/t15-,18?,20?,23?,24-/m0/s1. The van der Waals surface area contributed by atoms with Crippen molar-refractivity contribution in [3.8, 4) is 0 Å². The fourth-order valence-corrected chi connectivity index (χ4v) is 7.59. The second kappa shape index (κ2) is 9.71. The summed E-state index contributed by atoms with van der Waals surface area (Å²) in [6.07, 6.45) is 0.269. The summed E-state index contributed by atoms with van der Waals surface area (Å²) in [6.45, 7) is 1.99. The number of amides is 1. The van der Waals surface area contributed by atoms with Crippen LogP contribution in [-0.4, -0.2) is 62.4 Å². The monoisotopic (exact) mass is 492 g/mol. The number of carbonyl (C=O) groups excluding carboxylic acids is 1. The molecule has 4 rings (SSSR count). The number of hydrogen-bond donors (Lipinski definition) is 2. The van der Waals surface area contributed by atoms with Crippen LogP contribution in [-0.2, 0) is 21.1 Å². The van der Waals surface area contributed by atoms with E-state index in [1.54, 1.807) is 38.2 Å². The molecule has 3 unspecified atom stereocenters. The highest BCUT2D eigenvalue weighted by atomic mass is 32.2. The topological polar surface area (TPSA) is 86.7 Å². The summed E-state index contributed by atoms with van der Waals surface area (Å²) in [7, 11) is -2.06. The molecule has 0 saturated carbocycles. The molecule has 2 aliphatic heterocycles.